The molecular formula is C31H30ClN5O7. The lowest BCUT2D eigenvalue weighted by Crippen LogP contribution is -2.60. The van der Waals surface area contributed by atoms with Crippen molar-refractivity contribution in [2.45, 2.75) is 50.2 Å². The maximum atomic E-state index is 12.2. The quantitative estimate of drug-likeness (QED) is 0.163. The predicted octanol–water partition coefficient (Wildman–Crippen LogP) is 3.61. The Morgan fingerprint density at radius 3 is 2.09 bits per heavy atom. The van der Waals surface area contributed by atoms with Crippen LogP contribution in [0.1, 0.15) is 37.6 Å². The van der Waals surface area contributed by atoms with E-state index in [1.807, 2.05) is 36.4 Å². The topological polar surface area (TPSA) is 135 Å². The highest BCUT2D eigenvalue weighted by molar-refractivity contribution is 6.28. The van der Waals surface area contributed by atoms with Gasteiger partial charge < -0.3 is 23.8 Å². The van der Waals surface area contributed by atoms with Crippen molar-refractivity contribution in [3.8, 4) is 0 Å². The fourth-order valence-electron chi connectivity index (χ4n) is 6.08. The van der Waals surface area contributed by atoms with Crippen molar-refractivity contribution in [2.75, 3.05) is 25.1 Å². The first-order valence-electron chi connectivity index (χ1n) is 14.0. The third-order valence-corrected chi connectivity index (χ3v) is 8.18. The number of carbonyl (C=O) groups is 3. The molecular weight excluding hydrogens is 590 g/mol. The average Bonchev–Trinajstić information content (AvgIpc) is 3.54. The van der Waals surface area contributed by atoms with Crippen molar-refractivity contribution < 1.29 is 33.3 Å². The van der Waals surface area contributed by atoms with Crippen LogP contribution < -0.4 is 4.90 Å². The largest absolute Gasteiger partial charge is 0.469 e. The van der Waals surface area contributed by atoms with Crippen LogP contribution in [0.3, 0.4) is 0 Å². The minimum Gasteiger partial charge on any atom is -0.469 e. The molecule has 2 aliphatic rings. The van der Waals surface area contributed by atoms with Crippen LogP contribution in [0.5, 0.6) is 0 Å². The molecule has 2 aliphatic heterocycles. The molecule has 6 rings (SSSR count). The molecule has 0 aliphatic carbocycles. The van der Waals surface area contributed by atoms with Crippen LogP contribution in [0, 0.1) is 0 Å². The lowest BCUT2D eigenvalue weighted by molar-refractivity contribution is -0.165. The van der Waals surface area contributed by atoms with Crippen molar-refractivity contribution in [2.24, 2.45) is 0 Å². The van der Waals surface area contributed by atoms with Crippen molar-refractivity contribution in [3.63, 3.8) is 0 Å². The molecule has 13 heteroatoms. The fourth-order valence-corrected chi connectivity index (χ4v) is 6.24. The molecule has 2 fully saturated rings. The van der Waals surface area contributed by atoms with E-state index < -0.39 is 42.4 Å². The average molecular weight is 620 g/mol. The second kappa shape index (κ2) is 11.9. The molecule has 2 aromatic carbocycles. The van der Waals surface area contributed by atoms with Gasteiger partial charge in [0.2, 0.25) is 5.28 Å². The molecule has 0 bridgehead atoms. The monoisotopic (exact) mass is 619 g/mol. The first-order chi connectivity index (χ1) is 21.2. The summed E-state index contributed by atoms with van der Waals surface area (Å²) in [5.74, 6) is -1.31. The van der Waals surface area contributed by atoms with E-state index in [1.54, 1.807) is 4.57 Å². The minimum atomic E-state index is -1.12. The van der Waals surface area contributed by atoms with Gasteiger partial charge in [-0.15, -0.1) is 0 Å². The van der Waals surface area contributed by atoms with Gasteiger partial charge in [0.05, 0.1) is 25.3 Å². The molecule has 4 heterocycles. The van der Waals surface area contributed by atoms with Gasteiger partial charge in [-0.1, -0.05) is 60.7 Å². The van der Waals surface area contributed by atoms with Crippen LogP contribution >= 0.6 is 11.6 Å². The number of halogens is 1. The van der Waals surface area contributed by atoms with Crippen LogP contribution in [-0.4, -0.2) is 75.9 Å². The Hall–Kier alpha value is -4.55. The molecule has 44 heavy (non-hydrogen) atoms. The van der Waals surface area contributed by atoms with Crippen LogP contribution in [0.4, 0.5) is 5.82 Å². The van der Waals surface area contributed by atoms with Gasteiger partial charge in [0.15, 0.2) is 35.4 Å². The van der Waals surface area contributed by atoms with Crippen molar-refractivity contribution in [3.05, 3.63) is 83.4 Å². The van der Waals surface area contributed by atoms with Gasteiger partial charge in [-0.25, -0.2) is 4.98 Å². The Labute approximate surface area is 257 Å². The maximum Gasteiger partial charge on any atom is 0.308 e. The normalized spacial score (nSPS) is 22.3. The summed E-state index contributed by atoms with van der Waals surface area (Å²) < 4.78 is 23.6. The van der Waals surface area contributed by atoms with Crippen molar-refractivity contribution in [1.82, 2.24) is 19.5 Å². The molecule has 0 radical (unpaired) electrons. The molecule has 4 atom stereocenters. The van der Waals surface area contributed by atoms with Crippen LogP contribution in [-0.2, 0) is 38.7 Å². The summed E-state index contributed by atoms with van der Waals surface area (Å²) in [7, 11) is 1.24. The summed E-state index contributed by atoms with van der Waals surface area (Å²) in [6.07, 6.45) is -3.00. The third-order valence-electron chi connectivity index (χ3n) is 8.01. The van der Waals surface area contributed by atoms with E-state index in [-0.39, 0.29) is 17.1 Å². The molecule has 0 N–H and O–H groups in total. The Morgan fingerprint density at radius 1 is 0.932 bits per heavy atom. The summed E-state index contributed by atoms with van der Waals surface area (Å²) in [5.41, 5.74) is 2.86. The van der Waals surface area contributed by atoms with Crippen LogP contribution in [0.15, 0.2) is 67.0 Å². The number of hydrogen-bond acceptors (Lipinski definition) is 11. The molecule has 0 saturated carbocycles. The number of imidazole rings is 1. The number of rotatable bonds is 8. The number of aromatic nitrogens is 4. The number of nitrogens with zero attached hydrogens (tertiary/aromatic N) is 5. The van der Waals surface area contributed by atoms with Crippen molar-refractivity contribution >= 4 is 46.5 Å². The van der Waals surface area contributed by atoms with E-state index in [0.29, 0.717) is 30.1 Å². The van der Waals surface area contributed by atoms with Gasteiger partial charge in [-0.05, 0) is 22.7 Å². The fraction of sp³-hybridized carbons (Fsp3) is 0.355. The van der Waals surface area contributed by atoms with Gasteiger partial charge in [0.25, 0.3) is 0 Å². The zero-order valence-electron chi connectivity index (χ0n) is 24.3. The smallest absolute Gasteiger partial charge is 0.308 e. The Balaban J connectivity index is 1.37. The molecule has 12 nitrogen and oxygen atoms in total. The zero-order valence-corrected chi connectivity index (χ0v) is 25.0. The minimum absolute atomic E-state index is 0.0177. The first kappa shape index (κ1) is 29.5. The number of methoxy groups -OCH3 is 1. The standard InChI is InChI=1S/C31H30ClN5O7/c1-18(38)42-25-22(14-23(40)41-3)44-29(26(25)43-19(2)39)37-17-33-24-27(34-30(32)35-28(24)37)36-15-31(16-36,20-10-6-4-7-11-20)21-12-8-5-9-13-21/h4-13,17,22,25-26,29H,14-16H2,1-3H3/t22-,25-,26-,29-/m1/s1. The zero-order chi connectivity index (χ0) is 31.0. The Kier molecular flexibility index (Phi) is 7.95. The molecule has 2 aromatic heterocycles. The van der Waals surface area contributed by atoms with Crippen LogP contribution in [0.2, 0.25) is 5.28 Å². The van der Waals surface area contributed by atoms with E-state index in [0.717, 1.165) is 0 Å². The second-order valence-electron chi connectivity index (χ2n) is 10.8. The number of ether oxygens (including phenoxy) is 4. The van der Waals surface area contributed by atoms with E-state index >= 15 is 0 Å². The summed E-state index contributed by atoms with van der Waals surface area (Å²) in [6.45, 7) is 3.68. The number of hydrogen-bond donors (Lipinski definition) is 0. The lowest BCUT2D eigenvalue weighted by atomic mass is 9.68. The molecule has 2 saturated heterocycles. The molecule has 228 valence electrons. The Morgan fingerprint density at radius 2 is 1.52 bits per heavy atom. The number of carbonyl (C=O) groups excluding carboxylic acids is 3. The SMILES string of the molecule is COC(=O)C[C@H]1O[C@@H](n2cnc3c(N4CC(c5ccccc5)(c5ccccc5)C4)nc(Cl)nc32)[C@H](OC(C)=O)[C@@H]1OC(C)=O. The molecule has 0 unspecified atom stereocenters. The van der Waals surface area contributed by atoms with Crippen molar-refractivity contribution in [1.29, 1.82) is 0 Å². The third kappa shape index (κ3) is 5.35. The second-order valence-corrected chi connectivity index (χ2v) is 11.1. The molecule has 0 amide bonds. The molecule has 0 spiro atoms. The number of anilines is 1. The number of esters is 3. The number of benzene rings is 2. The van der Waals surface area contributed by atoms with Gasteiger partial charge in [-0.3, -0.25) is 19.0 Å². The van der Waals surface area contributed by atoms with Crippen LogP contribution in [0.25, 0.3) is 11.2 Å². The molecule has 4 aromatic rings. The lowest BCUT2D eigenvalue weighted by Gasteiger charge is -2.51. The highest BCUT2D eigenvalue weighted by atomic mass is 35.5. The van der Waals surface area contributed by atoms with Gasteiger partial charge in [-0.2, -0.15) is 9.97 Å². The highest BCUT2D eigenvalue weighted by Crippen LogP contribution is 2.44. The van der Waals surface area contributed by atoms with E-state index in [1.165, 1.54) is 38.4 Å². The predicted molar refractivity (Wildman–Crippen MR) is 158 cm³/mol. The summed E-state index contributed by atoms with van der Waals surface area (Å²) in [5, 5.41) is -0.0177. The van der Waals surface area contributed by atoms with E-state index in [9.17, 15) is 14.4 Å². The number of fused-ring (bicyclic) bond motifs is 1. The Bertz CT molecular complexity index is 1650. The first-order valence-corrected chi connectivity index (χ1v) is 14.4. The van der Waals surface area contributed by atoms with Gasteiger partial charge in [0.1, 0.15) is 6.10 Å². The summed E-state index contributed by atoms with van der Waals surface area (Å²) in [4.78, 5) is 52.0. The summed E-state index contributed by atoms with van der Waals surface area (Å²) in [6, 6.07) is 20.6. The van der Waals surface area contributed by atoms with E-state index in [2.05, 4.69) is 44.1 Å². The highest BCUT2D eigenvalue weighted by Gasteiger charge is 2.52. The summed E-state index contributed by atoms with van der Waals surface area (Å²) >= 11 is 6.48. The van der Waals surface area contributed by atoms with Gasteiger partial charge in [0, 0.05) is 26.9 Å². The van der Waals surface area contributed by atoms with Gasteiger partial charge >= 0.3 is 17.9 Å². The maximum absolute atomic E-state index is 12.2. The van der Waals surface area contributed by atoms with E-state index in [4.69, 9.17) is 30.5 Å².